The van der Waals surface area contributed by atoms with Crippen molar-refractivity contribution in [3.05, 3.63) is 69.8 Å². The van der Waals surface area contributed by atoms with E-state index in [2.05, 4.69) is 20.2 Å². The Morgan fingerprint density at radius 1 is 1.21 bits per heavy atom. The van der Waals surface area contributed by atoms with E-state index in [1.807, 2.05) is 13.0 Å². The Morgan fingerprint density at radius 3 is 2.62 bits per heavy atom. The van der Waals surface area contributed by atoms with Crippen molar-refractivity contribution in [1.29, 1.82) is 0 Å². The lowest BCUT2D eigenvalue weighted by Gasteiger charge is -2.12. The average Bonchev–Trinajstić information content (AvgIpc) is 2.98. The lowest BCUT2D eigenvalue weighted by atomic mass is 10.1. The number of hydrogen-bond donors (Lipinski definition) is 3. The number of sulfonamides is 1. The van der Waals surface area contributed by atoms with Crippen LogP contribution in [0.25, 0.3) is 0 Å². The Morgan fingerprint density at radius 2 is 1.97 bits per heavy atom. The number of benzene rings is 2. The normalized spacial score (nSPS) is 11.3. The monoisotopic (exact) mass is 431 g/mol. The minimum Gasteiger partial charge on any atom is -0.345 e. The summed E-state index contributed by atoms with van der Waals surface area (Å²) in [6, 6.07) is 11.5. The van der Waals surface area contributed by atoms with Crippen LogP contribution < -0.4 is 10.0 Å². The lowest BCUT2D eigenvalue weighted by Crippen LogP contribution is -2.25. The van der Waals surface area contributed by atoms with Crippen molar-refractivity contribution in [3.8, 4) is 0 Å². The van der Waals surface area contributed by atoms with Gasteiger partial charge in [-0.15, -0.1) is 0 Å². The van der Waals surface area contributed by atoms with Crippen LogP contribution in [-0.2, 0) is 23.6 Å². The molecule has 29 heavy (non-hydrogen) atoms. The molecule has 0 bridgehead atoms. The molecule has 0 atom stereocenters. The Bertz CT molecular complexity index is 1230. The third kappa shape index (κ3) is 4.72. The molecule has 0 fully saturated rings. The maximum Gasteiger partial charge on any atom is 0.261 e. The second-order valence-electron chi connectivity index (χ2n) is 6.64. The zero-order valence-electron chi connectivity index (χ0n) is 16.2. The number of nitrogens with one attached hydrogen (secondary N) is 3. The topological polar surface area (TPSA) is 109 Å². The summed E-state index contributed by atoms with van der Waals surface area (Å²) >= 11 is 5.05. The smallest absolute Gasteiger partial charge is 0.261 e. The number of hydrogen-bond acceptors (Lipinski definition) is 5. The van der Waals surface area contributed by atoms with Crippen molar-refractivity contribution in [2.24, 2.45) is 7.05 Å². The van der Waals surface area contributed by atoms with Gasteiger partial charge in [0.05, 0.1) is 11.4 Å². The zero-order chi connectivity index (χ0) is 21.2. The molecule has 0 spiro atoms. The summed E-state index contributed by atoms with van der Waals surface area (Å²) in [5.41, 5.74) is 2.33. The molecule has 3 aromatic rings. The Labute approximate surface area is 174 Å². The van der Waals surface area contributed by atoms with Crippen LogP contribution in [0.5, 0.6) is 0 Å². The first-order valence-corrected chi connectivity index (χ1v) is 10.6. The number of aromatic nitrogens is 3. The minimum absolute atomic E-state index is 0.00734. The molecule has 0 aliphatic rings. The van der Waals surface area contributed by atoms with Crippen molar-refractivity contribution in [2.75, 3.05) is 4.72 Å². The highest BCUT2D eigenvalue weighted by atomic mass is 32.2. The van der Waals surface area contributed by atoms with Crippen LogP contribution in [0.2, 0.25) is 0 Å². The number of rotatable bonds is 6. The summed E-state index contributed by atoms with van der Waals surface area (Å²) in [7, 11) is -2.10. The van der Waals surface area contributed by atoms with Gasteiger partial charge in [-0.25, -0.2) is 8.42 Å². The van der Waals surface area contributed by atoms with Crippen LogP contribution in [0.3, 0.4) is 0 Å². The van der Waals surface area contributed by atoms with Crippen LogP contribution in [0, 0.1) is 18.6 Å². The summed E-state index contributed by atoms with van der Waals surface area (Å²) in [6.07, 6.45) is 0. The second kappa shape index (κ2) is 8.18. The number of amides is 1. The first-order valence-electron chi connectivity index (χ1n) is 8.76. The highest BCUT2D eigenvalue weighted by Gasteiger charge is 2.18. The highest BCUT2D eigenvalue weighted by Crippen LogP contribution is 2.20. The Hall–Kier alpha value is -2.98. The zero-order valence-corrected chi connectivity index (χ0v) is 17.8. The largest absolute Gasteiger partial charge is 0.345 e. The molecule has 152 valence electrons. The van der Waals surface area contributed by atoms with Gasteiger partial charge in [-0.1, -0.05) is 18.2 Å². The lowest BCUT2D eigenvalue weighted by molar-refractivity contribution is 0.0948. The number of nitrogens with zero attached hydrogens (tertiary/aromatic N) is 2. The maximum atomic E-state index is 12.8. The molecular formula is C19H21N5O3S2. The standard InChI is InChI=1S/C19H21N5O3S2/c1-12-5-4-6-14(9-12)23-29(26,27)15-8-7-13(2)16(10-15)18(25)20-11-17-21-22-19(28)24(17)3/h4-10,23H,11H2,1-3H3,(H,20,25)(H,22,28). The average molecular weight is 432 g/mol. The van der Waals surface area contributed by atoms with Crippen LogP contribution >= 0.6 is 12.2 Å². The molecule has 0 saturated carbocycles. The molecule has 8 nitrogen and oxygen atoms in total. The SMILES string of the molecule is Cc1cccc(NS(=O)(=O)c2ccc(C)c(C(=O)NCc3n[nH]c(=S)n3C)c2)c1. The van der Waals surface area contributed by atoms with E-state index in [0.717, 1.165) is 5.56 Å². The van der Waals surface area contributed by atoms with E-state index in [4.69, 9.17) is 12.2 Å². The molecule has 0 unspecified atom stereocenters. The predicted molar refractivity (Wildman–Crippen MR) is 113 cm³/mol. The minimum atomic E-state index is -3.84. The summed E-state index contributed by atoms with van der Waals surface area (Å²) in [5.74, 6) is 0.162. The van der Waals surface area contributed by atoms with Crippen LogP contribution in [0.15, 0.2) is 47.4 Å². The Balaban J connectivity index is 1.82. The number of aryl methyl sites for hydroxylation is 2. The van der Waals surface area contributed by atoms with Crippen molar-refractivity contribution in [3.63, 3.8) is 0 Å². The molecule has 2 aromatic carbocycles. The first-order chi connectivity index (χ1) is 13.7. The van der Waals surface area contributed by atoms with Crippen LogP contribution in [0.1, 0.15) is 27.3 Å². The molecule has 10 heteroatoms. The molecule has 1 heterocycles. The van der Waals surface area contributed by atoms with Crippen molar-refractivity contribution in [1.82, 2.24) is 20.1 Å². The number of aromatic amines is 1. The quantitative estimate of drug-likeness (QED) is 0.520. The van der Waals surface area contributed by atoms with E-state index in [9.17, 15) is 13.2 Å². The van der Waals surface area contributed by atoms with E-state index in [1.165, 1.54) is 12.1 Å². The fourth-order valence-corrected chi connectivity index (χ4v) is 3.95. The van der Waals surface area contributed by atoms with Crippen molar-refractivity contribution < 1.29 is 13.2 Å². The van der Waals surface area contributed by atoms with Crippen molar-refractivity contribution in [2.45, 2.75) is 25.3 Å². The molecule has 3 N–H and O–H groups in total. The fraction of sp³-hybridized carbons (Fsp3) is 0.211. The molecule has 3 rings (SSSR count). The molecule has 0 aliphatic carbocycles. The number of anilines is 1. The van der Waals surface area contributed by atoms with Crippen LogP contribution in [-0.4, -0.2) is 29.1 Å². The third-order valence-electron chi connectivity index (χ3n) is 4.41. The fourth-order valence-electron chi connectivity index (χ4n) is 2.73. The van der Waals surface area contributed by atoms with E-state index in [-0.39, 0.29) is 17.0 Å². The molecule has 1 aromatic heterocycles. The Kier molecular flexibility index (Phi) is 5.85. The molecule has 0 radical (unpaired) electrons. The highest BCUT2D eigenvalue weighted by molar-refractivity contribution is 7.92. The van der Waals surface area contributed by atoms with Gasteiger partial charge in [0.15, 0.2) is 10.6 Å². The first kappa shape index (κ1) is 20.7. The van der Waals surface area contributed by atoms with Gasteiger partial charge in [-0.3, -0.25) is 14.6 Å². The number of carbonyl (C=O) groups excluding carboxylic acids is 1. The number of carbonyl (C=O) groups is 1. The van der Waals surface area contributed by atoms with E-state index in [1.54, 1.807) is 42.8 Å². The molecule has 1 amide bonds. The molecular weight excluding hydrogens is 410 g/mol. The van der Waals surface area contributed by atoms with E-state index >= 15 is 0 Å². The van der Waals surface area contributed by atoms with Gasteiger partial charge in [0.1, 0.15) is 0 Å². The van der Waals surface area contributed by atoms with Gasteiger partial charge in [-0.05, 0) is 61.5 Å². The van der Waals surface area contributed by atoms with E-state index < -0.39 is 15.9 Å². The third-order valence-corrected chi connectivity index (χ3v) is 6.16. The van der Waals surface area contributed by atoms with Gasteiger partial charge in [0, 0.05) is 18.3 Å². The summed E-state index contributed by atoms with van der Waals surface area (Å²) in [5, 5.41) is 9.43. The van der Waals surface area contributed by atoms with Crippen molar-refractivity contribution >= 4 is 33.8 Å². The van der Waals surface area contributed by atoms with Gasteiger partial charge in [0.2, 0.25) is 0 Å². The second-order valence-corrected chi connectivity index (χ2v) is 8.71. The maximum absolute atomic E-state index is 12.8. The van der Waals surface area contributed by atoms with E-state index in [0.29, 0.717) is 21.8 Å². The summed E-state index contributed by atoms with van der Waals surface area (Å²) < 4.78 is 30.1. The van der Waals surface area contributed by atoms with Gasteiger partial charge in [-0.2, -0.15) is 5.10 Å². The summed E-state index contributed by atoms with van der Waals surface area (Å²) in [6.45, 7) is 3.77. The predicted octanol–water partition coefficient (Wildman–Crippen LogP) is 2.83. The van der Waals surface area contributed by atoms with Crippen LogP contribution in [0.4, 0.5) is 5.69 Å². The van der Waals surface area contributed by atoms with Gasteiger partial charge < -0.3 is 9.88 Å². The van der Waals surface area contributed by atoms with Gasteiger partial charge >= 0.3 is 0 Å². The molecule has 0 aliphatic heterocycles. The number of H-pyrrole nitrogens is 1. The summed E-state index contributed by atoms with van der Waals surface area (Å²) in [4.78, 5) is 12.6. The van der Waals surface area contributed by atoms with Gasteiger partial charge in [0.25, 0.3) is 15.9 Å². The molecule has 0 saturated heterocycles.